The first-order valence-electron chi connectivity index (χ1n) is 9.16. The quantitative estimate of drug-likeness (QED) is 0.481. The molecule has 0 aliphatic heterocycles. The maximum Gasteiger partial charge on any atom is -0.0383 e. The van der Waals surface area contributed by atoms with E-state index in [1.54, 1.807) is 0 Å². The zero-order chi connectivity index (χ0) is 15.2. The van der Waals surface area contributed by atoms with Gasteiger partial charge in [-0.25, -0.2) is 0 Å². The fourth-order valence-electron chi connectivity index (χ4n) is 3.55. The van der Waals surface area contributed by atoms with Crippen molar-refractivity contribution in [2.45, 2.75) is 106 Å². The fourth-order valence-corrected chi connectivity index (χ4v) is 3.55. The highest BCUT2D eigenvalue weighted by Crippen LogP contribution is 2.36. The normalized spacial score (nSPS) is 18.8. The van der Waals surface area contributed by atoms with Crippen molar-refractivity contribution in [3.63, 3.8) is 0 Å². The molecule has 0 bridgehead atoms. The Hall–Kier alpha value is 0. The van der Waals surface area contributed by atoms with Gasteiger partial charge in [-0.3, -0.25) is 0 Å². The molecule has 1 aliphatic rings. The van der Waals surface area contributed by atoms with Crippen molar-refractivity contribution < 1.29 is 0 Å². The second kappa shape index (κ2) is 7.85. The molecule has 1 fully saturated rings. The molecule has 0 spiro atoms. The summed E-state index contributed by atoms with van der Waals surface area (Å²) in [5.41, 5.74) is 1.01. The van der Waals surface area contributed by atoms with E-state index in [0.717, 1.165) is 11.8 Å². The summed E-state index contributed by atoms with van der Waals surface area (Å²) in [5.74, 6) is 2.03. The summed E-state index contributed by atoms with van der Waals surface area (Å²) in [6.45, 7) is 14.4. The molecule has 0 aromatic heterocycles. The second-order valence-corrected chi connectivity index (χ2v) is 9.80. The van der Waals surface area contributed by atoms with Gasteiger partial charge in [0, 0.05) is 0 Å². The molecule has 0 unspecified atom stereocenters. The molecule has 1 aliphatic carbocycles. The smallest absolute Gasteiger partial charge is 0.0383 e. The Morgan fingerprint density at radius 3 is 1.60 bits per heavy atom. The predicted molar refractivity (Wildman–Crippen MR) is 92.1 cm³/mol. The monoisotopic (exact) mass is 280 g/mol. The predicted octanol–water partition coefficient (Wildman–Crippen LogP) is 7.23. The van der Waals surface area contributed by atoms with Crippen molar-refractivity contribution in [2.24, 2.45) is 22.7 Å². The van der Waals surface area contributed by atoms with Gasteiger partial charge in [-0.15, -0.1) is 0 Å². The Bertz CT molecular complexity index is 226. The average molecular weight is 281 g/mol. The maximum absolute atomic E-state index is 2.40. The molecule has 0 saturated heterocycles. The Morgan fingerprint density at radius 1 is 0.750 bits per heavy atom. The van der Waals surface area contributed by atoms with E-state index < -0.39 is 0 Å². The van der Waals surface area contributed by atoms with Gasteiger partial charge < -0.3 is 0 Å². The molecule has 0 nitrogen and oxygen atoms in total. The zero-order valence-corrected chi connectivity index (χ0v) is 15.2. The maximum atomic E-state index is 2.40. The van der Waals surface area contributed by atoms with E-state index in [-0.39, 0.29) is 0 Å². The van der Waals surface area contributed by atoms with Gasteiger partial charge in [-0.05, 0) is 54.8 Å². The molecule has 0 aromatic rings. The third-order valence-electron chi connectivity index (χ3n) is 5.00. The van der Waals surface area contributed by atoms with Gasteiger partial charge in [-0.1, -0.05) is 73.6 Å². The standard InChI is InChI=1S/C20H40/c1-19(2,3)14-12-18(13-15-20(4,5)6)16-17-10-8-7-9-11-17/h17-18H,7-16H2,1-6H3. The molecule has 1 rings (SSSR count). The summed E-state index contributed by atoms with van der Waals surface area (Å²) in [6, 6.07) is 0. The second-order valence-electron chi connectivity index (χ2n) is 9.80. The largest absolute Gasteiger partial charge is 0.0602 e. The lowest BCUT2D eigenvalue weighted by Crippen LogP contribution is -2.17. The van der Waals surface area contributed by atoms with E-state index in [4.69, 9.17) is 0 Å². The van der Waals surface area contributed by atoms with E-state index in [2.05, 4.69) is 41.5 Å². The van der Waals surface area contributed by atoms with E-state index in [0.29, 0.717) is 10.8 Å². The van der Waals surface area contributed by atoms with Crippen molar-refractivity contribution >= 4 is 0 Å². The van der Waals surface area contributed by atoms with Crippen LogP contribution >= 0.6 is 0 Å². The fraction of sp³-hybridized carbons (Fsp3) is 1.00. The van der Waals surface area contributed by atoms with Gasteiger partial charge in [0.1, 0.15) is 0 Å². The van der Waals surface area contributed by atoms with E-state index in [1.807, 2.05) is 0 Å². The summed E-state index contributed by atoms with van der Waals surface area (Å²) >= 11 is 0. The molecule has 0 N–H and O–H groups in total. The van der Waals surface area contributed by atoms with Crippen LogP contribution in [0.3, 0.4) is 0 Å². The van der Waals surface area contributed by atoms with Crippen LogP contribution in [0.25, 0.3) is 0 Å². The van der Waals surface area contributed by atoms with Gasteiger partial charge in [0.2, 0.25) is 0 Å². The molecule has 0 aromatic carbocycles. The highest BCUT2D eigenvalue weighted by Gasteiger charge is 2.22. The Labute approximate surface area is 129 Å². The summed E-state index contributed by atoms with van der Waals surface area (Å²) in [4.78, 5) is 0. The minimum atomic E-state index is 0.506. The zero-order valence-electron chi connectivity index (χ0n) is 15.2. The molecule has 0 radical (unpaired) electrons. The Kier molecular flexibility index (Phi) is 7.09. The van der Waals surface area contributed by atoms with Gasteiger partial charge in [0.25, 0.3) is 0 Å². The highest BCUT2D eigenvalue weighted by atomic mass is 14.3. The van der Waals surface area contributed by atoms with Crippen LogP contribution in [0, 0.1) is 22.7 Å². The lowest BCUT2D eigenvalue weighted by Gasteiger charge is -2.30. The first kappa shape index (κ1) is 18.1. The Morgan fingerprint density at radius 2 is 1.20 bits per heavy atom. The summed E-state index contributed by atoms with van der Waals surface area (Å²) in [5, 5.41) is 0. The summed E-state index contributed by atoms with van der Waals surface area (Å²) < 4.78 is 0. The average Bonchev–Trinajstić information content (AvgIpc) is 2.32. The first-order chi connectivity index (χ1) is 9.16. The molecule has 120 valence electrons. The Balaban J connectivity index is 2.44. The summed E-state index contributed by atoms with van der Waals surface area (Å²) in [6.07, 6.45) is 14.7. The molecule has 20 heavy (non-hydrogen) atoms. The third kappa shape index (κ3) is 9.03. The molecule has 1 saturated carbocycles. The van der Waals surface area contributed by atoms with E-state index in [1.165, 1.54) is 64.2 Å². The molecular formula is C20H40. The lowest BCUT2D eigenvalue weighted by molar-refractivity contribution is 0.220. The molecule has 0 amide bonds. The van der Waals surface area contributed by atoms with E-state index in [9.17, 15) is 0 Å². The van der Waals surface area contributed by atoms with Crippen molar-refractivity contribution in [1.29, 1.82) is 0 Å². The van der Waals surface area contributed by atoms with Crippen LogP contribution in [0.15, 0.2) is 0 Å². The van der Waals surface area contributed by atoms with Crippen LogP contribution < -0.4 is 0 Å². The topological polar surface area (TPSA) is 0 Å². The van der Waals surface area contributed by atoms with Crippen LogP contribution in [-0.2, 0) is 0 Å². The van der Waals surface area contributed by atoms with Crippen molar-refractivity contribution in [3.05, 3.63) is 0 Å². The van der Waals surface area contributed by atoms with E-state index >= 15 is 0 Å². The SMILES string of the molecule is CC(C)(C)CCC(CCC(C)(C)C)CC1CCCCC1. The number of hydrogen-bond acceptors (Lipinski definition) is 0. The van der Waals surface area contributed by atoms with Crippen LogP contribution in [0.2, 0.25) is 0 Å². The molecule has 0 heteroatoms. The van der Waals surface area contributed by atoms with Gasteiger partial charge >= 0.3 is 0 Å². The van der Waals surface area contributed by atoms with Gasteiger partial charge in [0.05, 0.1) is 0 Å². The van der Waals surface area contributed by atoms with Gasteiger partial charge in [0.15, 0.2) is 0 Å². The van der Waals surface area contributed by atoms with Crippen molar-refractivity contribution in [2.75, 3.05) is 0 Å². The molecular weight excluding hydrogens is 240 g/mol. The van der Waals surface area contributed by atoms with Crippen molar-refractivity contribution in [1.82, 2.24) is 0 Å². The van der Waals surface area contributed by atoms with Crippen LogP contribution in [0.1, 0.15) is 106 Å². The summed E-state index contributed by atoms with van der Waals surface area (Å²) in [7, 11) is 0. The van der Waals surface area contributed by atoms with Gasteiger partial charge in [-0.2, -0.15) is 0 Å². The van der Waals surface area contributed by atoms with Crippen LogP contribution in [0.5, 0.6) is 0 Å². The van der Waals surface area contributed by atoms with Crippen molar-refractivity contribution in [3.8, 4) is 0 Å². The lowest BCUT2D eigenvalue weighted by atomic mass is 9.76. The molecule has 0 atom stereocenters. The van der Waals surface area contributed by atoms with Crippen LogP contribution in [-0.4, -0.2) is 0 Å². The minimum Gasteiger partial charge on any atom is -0.0602 e. The third-order valence-corrected chi connectivity index (χ3v) is 5.00. The highest BCUT2D eigenvalue weighted by molar-refractivity contribution is 4.75. The van der Waals surface area contributed by atoms with Crippen LogP contribution in [0.4, 0.5) is 0 Å². The number of hydrogen-bond donors (Lipinski definition) is 0. The molecule has 0 heterocycles. The first-order valence-corrected chi connectivity index (χ1v) is 9.16. The minimum absolute atomic E-state index is 0.506. The number of rotatable bonds is 6.